The van der Waals surface area contributed by atoms with E-state index in [0.29, 0.717) is 17.2 Å². The van der Waals surface area contributed by atoms with E-state index in [0.717, 1.165) is 11.1 Å². The highest BCUT2D eigenvalue weighted by Crippen LogP contribution is 2.12. The predicted octanol–water partition coefficient (Wildman–Crippen LogP) is 3.20. The lowest BCUT2D eigenvalue weighted by molar-refractivity contribution is -0.122. The number of hydrogen-bond acceptors (Lipinski definition) is 5. The third-order valence-corrected chi connectivity index (χ3v) is 6.20. The smallest absolute Gasteiger partial charge is 0.258 e. The molecule has 2 rings (SSSR count). The molecule has 0 bridgehead atoms. The van der Waals surface area contributed by atoms with Crippen molar-refractivity contribution >= 4 is 45.5 Å². The number of rotatable bonds is 9. The summed E-state index contributed by atoms with van der Waals surface area (Å²) in [5.74, 6) is 0.102. The SMILES string of the molecule is CSCC[C@H](NS(=O)(=O)c1ccc(C)cc1)C(=O)N/N=C/c1ccc(Cl)cc1. The van der Waals surface area contributed by atoms with E-state index in [1.807, 2.05) is 13.2 Å². The molecule has 0 saturated heterocycles. The summed E-state index contributed by atoms with van der Waals surface area (Å²) in [6.45, 7) is 1.87. The summed E-state index contributed by atoms with van der Waals surface area (Å²) < 4.78 is 27.7. The van der Waals surface area contributed by atoms with Crippen molar-refractivity contribution in [3.05, 3.63) is 64.7 Å². The Balaban J connectivity index is 2.07. The van der Waals surface area contributed by atoms with Gasteiger partial charge in [0.25, 0.3) is 5.91 Å². The normalized spacial score (nSPS) is 12.8. The number of hydrogen-bond donors (Lipinski definition) is 2. The number of halogens is 1. The quantitative estimate of drug-likeness (QED) is 0.464. The Morgan fingerprint density at radius 1 is 1.18 bits per heavy atom. The van der Waals surface area contributed by atoms with E-state index in [1.165, 1.54) is 30.1 Å². The Bertz CT molecular complexity index is 914. The zero-order valence-electron chi connectivity index (χ0n) is 15.6. The summed E-state index contributed by atoms with van der Waals surface area (Å²) in [5.41, 5.74) is 4.11. The second-order valence-electron chi connectivity index (χ2n) is 6.05. The lowest BCUT2D eigenvalue weighted by Gasteiger charge is -2.17. The molecule has 0 unspecified atom stereocenters. The van der Waals surface area contributed by atoms with Crippen molar-refractivity contribution in [3.8, 4) is 0 Å². The molecule has 9 heteroatoms. The fraction of sp³-hybridized carbons (Fsp3) is 0.263. The van der Waals surface area contributed by atoms with E-state index in [1.54, 1.807) is 36.4 Å². The van der Waals surface area contributed by atoms with Crippen molar-refractivity contribution < 1.29 is 13.2 Å². The number of benzene rings is 2. The van der Waals surface area contributed by atoms with E-state index in [-0.39, 0.29) is 4.90 Å². The van der Waals surface area contributed by atoms with Crippen molar-refractivity contribution in [2.75, 3.05) is 12.0 Å². The van der Waals surface area contributed by atoms with Crippen LogP contribution in [0.5, 0.6) is 0 Å². The number of sulfonamides is 1. The first-order valence-corrected chi connectivity index (χ1v) is 11.7. The van der Waals surface area contributed by atoms with Gasteiger partial charge in [0, 0.05) is 5.02 Å². The van der Waals surface area contributed by atoms with Gasteiger partial charge in [-0.15, -0.1) is 0 Å². The summed E-state index contributed by atoms with van der Waals surface area (Å²) in [4.78, 5) is 12.6. The van der Waals surface area contributed by atoms with E-state index in [2.05, 4.69) is 15.2 Å². The van der Waals surface area contributed by atoms with Crippen LogP contribution in [-0.4, -0.2) is 38.6 Å². The third-order valence-electron chi connectivity index (χ3n) is 3.81. The van der Waals surface area contributed by atoms with Gasteiger partial charge in [0.05, 0.1) is 11.1 Å². The Morgan fingerprint density at radius 3 is 2.43 bits per heavy atom. The summed E-state index contributed by atoms with van der Waals surface area (Å²) in [6, 6.07) is 12.4. The highest BCUT2D eigenvalue weighted by molar-refractivity contribution is 7.98. The molecule has 1 amide bonds. The van der Waals surface area contributed by atoms with Crippen LogP contribution in [0.25, 0.3) is 0 Å². The molecule has 1 atom stereocenters. The van der Waals surface area contributed by atoms with Crippen LogP contribution < -0.4 is 10.1 Å². The first-order chi connectivity index (χ1) is 13.3. The number of carbonyl (C=O) groups is 1. The Labute approximate surface area is 174 Å². The van der Waals surface area contributed by atoms with Crippen LogP contribution in [0, 0.1) is 6.92 Å². The minimum absolute atomic E-state index is 0.115. The summed E-state index contributed by atoms with van der Waals surface area (Å²) in [6.07, 6.45) is 3.70. The van der Waals surface area contributed by atoms with Gasteiger partial charge >= 0.3 is 0 Å². The van der Waals surface area contributed by atoms with Crippen LogP contribution in [0.15, 0.2) is 58.5 Å². The number of hydrazone groups is 1. The van der Waals surface area contributed by atoms with E-state index < -0.39 is 22.0 Å². The van der Waals surface area contributed by atoms with E-state index >= 15 is 0 Å². The summed E-state index contributed by atoms with van der Waals surface area (Å²) >= 11 is 7.35. The lowest BCUT2D eigenvalue weighted by Crippen LogP contribution is -2.45. The number of carbonyl (C=O) groups excluding carboxylic acids is 1. The maximum Gasteiger partial charge on any atom is 0.258 e. The van der Waals surface area contributed by atoms with Gasteiger partial charge in [0.1, 0.15) is 6.04 Å². The molecule has 0 aliphatic rings. The van der Waals surface area contributed by atoms with Crippen LogP contribution in [0.1, 0.15) is 17.5 Å². The molecule has 0 aliphatic carbocycles. The van der Waals surface area contributed by atoms with Crippen molar-refractivity contribution in [1.29, 1.82) is 0 Å². The first-order valence-electron chi connectivity index (χ1n) is 8.48. The van der Waals surface area contributed by atoms with Crippen LogP contribution in [0.2, 0.25) is 5.02 Å². The maximum atomic E-state index is 12.6. The highest BCUT2D eigenvalue weighted by atomic mass is 35.5. The van der Waals surface area contributed by atoms with Crippen molar-refractivity contribution in [3.63, 3.8) is 0 Å². The molecule has 0 aromatic heterocycles. The monoisotopic (exact) mass is 439 g/mol. The summed E-state index contributed by atoms with van der Waals surface area (Å²) in [7, 11) is -3.82. The predicted molar refractivity (Wildman–Crippen MR) is 115 cm³/mol. The average Bonchev–Trinajstić information content (AvgIpc) is 2.67. The Kier molecular flexibility index (Phi) is 8.50. The third kappa shape index (κ3) is 6.94. The molecule has 0 spiro atoms. The highest BCUT2D eigenvalue weighted by Gasteiger charge is 2.25. The van der Waals surface area contributed by atoms with E-state index in [9.17, 15) is 13.2 Å². The van der Waals surface area contributed by atoms with Gasteiger partial charge in [-0.05, 0) is 55.2 Å². The number of nitrogens with one attached hydrogen (secondary N) is 2. The molecule has 2 aromatic carbocycles. The van der Waals surface area contributed by atoms with Crippen LogP contribution in [0.3, 0.4) is 0 Å². The van der Waals surface area contributed by atoms with Gasteiger partial charge < -0.3 is 0 Å². The van der Waals surface area contributed by atoms with E-state index in [4.69, 9.17) is 11.6 Å². The number of nitrogens with zero attached hydrogens (tertiary/aromatic N) is 1. The average molecular weight is 440 g/mol. The van der Waals surface area contributed by atoms with Gasteiger partial charge in [-0.25, -0.2) is 13.8 Å². The molecule has 0 saturated carbocycles. The minimum atomic E-state index is -3.82. The Morgan fingerprint density at radius 2 is 1.82 bits per heavy atom. The van der Waals surface area contributed by atoms with Crippen molar-refractivity contribution in [2.24, 2.45) is 5.10 Å². The van der Waals surface area contributed by atoms with Crippen LogP contribution in [0.4, 0.5) is 0 Å². The fourth-order valence-corrected chi connectivity index (χ4v) is 4.08. The van der Waals surface area contributed by atoms with Crippen LogP contribution >= 0.6 is 23.4 Å². The lowest BCUT2D eigenvalue weighted by atomic mass is 10.2. The molecule has 0 aliphatic heterocycles. The molecule has 28 heavy (non-hydrogen) atoms. The number of amides is 1. The number of thioether (sulfide) groups is 1. The van der Waals surface area contributed by atoms with Gasteiger partial charge in [0.2, 0.25) is 10.0 Å². The molecule has 150 valence electrons. The molecule has 0 fully saturated rings. The zero-order chi connectivity index (χ0) is 20.6. The van der Waals surface area contributed by atoms with Gasteiger partial charge in [0.15, 0.2) is 0 Å². The second-order valence-corrected chi connectivity index (χ2v) is 9.19. The molecule has 2 N–H and O–H groups in total. The molecule has 2 aromatic rings. The fourth-order valence-electron chi connectivity index (χ4n) is 2.25. The molecule has 0 radical (unpaired) electrons. The molecular weight excluding hydrogens is 418 g/mol. The minimum Gasteiger partial charge on any atom is -0.271 e. The molecular formula is C19H22ClN3O3S2. The molecule has 0 heterocycles. The van der Waals surface area contributed by atoms with Gasteiger partial charge in [-0.3, -0.25) is 4.79 Å². The zero-order valence-corrected chi connectivity index (χ0v) is 17.9. The first kappa shape index (κ1) is 22.4. The van der Waals surface area contributed by atoms with Gasteiger partial charge in [-0.1, -0.05) is 41.4 Å². The van der Waals surface area contributed by atoms with Crippen LogP contribution in [-0.2, 0) is 14.8 Å². The summed E-state index contributed by atoms with van der Waals surface area (Å²) in [5, 5.41) is 4.51. The van der Waals surface area contributed by atoms with Crippen molar-refractivity contribution in [2.45, 2.75) is 24.3 Å². The largest absolute Gasteiger partial charge is 0.271 e. The van der Waals surface area contributed by atoms with Gasteiger partial charge in [-0.2, -0.15) is 21.6 Å². The second kappa shape index (κ2) is 10.6. The number of aryl methyl sites for hydroxylation is 1. The topological polar surface area (TPSA) is 87.6 Å². The molecule has 6 nitrogen and oxygen atoms in total. The maximum absolute atomic E-state index is 12.6. The van der Waals surface area contributed by atoms with Crippen molar-refractivity contribution in [1.82, 2.24) is 10.1 Å². The Hall–Kier alpha value is -1.87. The standard InChI is InChI=1S/C19H22ClN3O3S2/c1-14-3-9-17(10-4-14)28(25,26)23-18(11-12-27-2)19(24)22-21-13-15-5-7-16(20)8-6-15/h3-10,13,18,23H,11-12H2,1-2H3,(H,22,24)/b21-13+/t18-/m0/s1.